The number of carbonyl (C=O) groups is 2. The van der Waals surface area contributed by atoms with Crippen molar-refractivity contribution in [2.75, 3.05) is 6.54 Å². The van der Waals surface area contributed by atoms with Crippen LogP contribution >= 0.6 is 11.3 Å². The van der Waals surface area contributed by atoms with Gasteiger partial charge in [-0.3, -0.25) is 9.59 Å². The van der Waals surface area contributed by atoms with Gasteiger partial charge < -0.3 is 10.6 Å². The molecule has 2 aliphatic rings. The minimum atomic E-state index is -0.517. The van der Waals surface area contributed by atoms with E-state index in [-0.39, 0.29) is 11.8 Å². The van der Waals surface area contributed by atoms with Crippen LogP contribution in [0.3, 0.4) is 0 Å². The summed E-state index contributed by atoms with van der Waals surface area (Å²) in [7, 11) is 0. The number of aryl methyl sites for hydroxylation is 3. The van der Waals surface area contributed by atoms with E-state index in [2.05, 4.69) is 37.9 Å². The molecule has 1 saturated heterocycles. The lowest BCUT2D eigenvalue weighted by Gasteiger charge is -2.25. The molecule has 0 spiro atoms. The number of aromatic nitrogens is 1. The van der Waals surface area contributed by atoms with Crippen LogP contribution in [-0.4, -0.2) is 34.3 Å². The molecule has 2 aromatic rings. The van der Waals surface area contributed by atoms with Crippen LogP contribution in [0.2, 0.25) is 0 Å². The lowest BCUT2D eigenvalue weighted by Crippen LogP contribution is -2.46. The molecule has 2 amide bonds. The third-order valence-electron chi connectivity index (χ3n) is 6.42. The highest BCUT2D eigenvalue weighted by Crippen LogP contribution is 2.46. The summed E-state index contributed by atoms with van der Waals surface area (Å²) in [5.41, 5.74) is 9.59. The van der Waals surface area contributed by atoms with Gasteiger partial charge in [-0.15, -0.1) is 11.3 Å². The first-order valence-electron chi connectivity index (χ1n) is 9.91. The predicted molar refractivity (Wildman–Crippen MR) is 111 cm³/mol. The van der Waals surface area contributed by atoms with Crippen LogP contribution in [0.1, 0.15) is 46.4 Å². The fraction of sp³-hybridized carbons (Fsp3) is 0.500. The molecule has 1 aromatic carbocycles. The Morgan fingerprint density at radius 2 is 1.93 bits per heavy atom. The number of carbonyl (C=O) groups excluding carboxylic acids is 2. The van der Waals surface area contributed by atoms with E-state index in [1.54, 1.807) is 4.90 Å². The van der Waals surface area contributed by atoms with Crippen LogP contribution < -0.4 is 5.73 Å². The standard InChI is InChI=1S/C22H27N3O2S/c1-11-7-16-10-25(19(21(23)26)17(16)8-11)22(27)18-20(28-14(4)24-18)15-6-5-12(2)13(3)9-15/h5-6,9,11,16-17,19H,7-8,10H2,1-4H3,(H2,23,26). The summed E-state index contributed by atoms with van der Waals surface area (Å²) in [5, 5.41) is 0.847. The molecule has 5 nitrogen and oxygen atoms in total. The topological polar surface area (TPSA) is 76.3 Å². The molecule has 4 rings (SSSR count). The Morgan fingerprint density at radius 3 is 2.61 bits per heavy atom. The summed E-state index contributed by atoms with van der Waals surface area (Å²) in [6, 6.07) is 5.70. The first-order valence-corrected chi connectivity index (χ1v) is 10.7. The number of thiazole rings is 1. The van der Waals surface area contributed by atoms with Gasteiger partial charge in [-0.25, -0.2) is 4.98 Å². The van der Waals surface area contributed by atoms with Crippen molar-refractivity contribution in [2.45, 2.75) is 46.6 Å². The van der Waals surface area contributed by atoms with Gasteiger partial charge in [0.1, 0.15) is 11.7 Å². The van der Waals surface area contributed by atoms with Gasteiger partial charge in [0, 0.05) is 6.54 Å². The zero-order chi connectivity index (χ0) is 20.2. The second kappa shape index (κ2) is 6.99. The zero-order valence-electron chi connectivity index (χ0n) is 16.9. The van der Waals surface area contributed by atoms with Crippen molar-refractivity contribution in [1.82, 2.24) is 9.88 Å². The highest BCUT2D eigenvalue weighted by Gasteiger charge is 2.51. The predicted octanol–water partition coefficient (Wildman–Crippen LogP) is 3.71. The van der Waals surface area contributed by atoms with Gasteiger partial charge >= 0.3 is 0 Å². The summed E-state index contributed by atoms with van der Waals surface area (Å²) in [4.78, 5) is 32.9. The van der Waals surface area contributed by atoms with Crippen molar-refractivity contribution in [3.05, 3.63) is 40.0 Å². The molecule has 2 N–H and O–H groups in total. The van der Waals surface area contributed by atoms with E-state index in [0.29, 0.717) is 24.1 Å². The molecule has 28 heavy (non-hydrogen) atoms. The normalized spacial score (nSPS) is 26.5. The third-order valence-corrected chi connectivity index (χ3v) is 7.44. The van der Waals surface area contributed by atoms with Crippen LogP contribution in [-0.2, 0) is 4.79 Å². The average Bonchev–Trinajstić information content (AvgIpc) is 3.27. The molecule has 0 radical (unpaired) electrons. The Labute approximate surface area is 170 Å². The van der Waals surface area contributed by atoms with E-state index >= 15 is 0 Å². The summed E-state index contributed by atoms with van der Waals surface area (Å²) < 4.78 is 0. The number of amides is 2. The Morgan fingerprint density at radius 1 is 1.18 bits per heavy atom. The van der Waals surface area contributed by atoms with Gasteiger partial charge in [-0.05, 0) is 68.1 Å². The van der Waals surface area contributed by atoms with Crippen LogP contribution in [0.5, 0.6) is 0 Å². The zero-order valence-corrected chi connectivity index (χ0v) is 17.7. The lowest BCUT2D eigenvalue weighted by atomic mass is 9.93. The minimum absolute atomic E-state index is 0.163. The van der Waals surface area contributed by atoms with Gasteiger partial charge in [0.15, 0.2) is 0 Å². The van der Waals surface area contributed by atoms with Crippen molar-refractivity contribution in [3.63, 3.8) is 0 Å². The molecular formula is C22H27N3O2S. The lowest BCUT2D eigenvalue weighted by molar-refractivity contribution is -0.122. The molecule has 1 saturated carbocycles. The van der Waals surface area contributed by atoms with Gasteiger partial charge in [0.25, 0.3) is 5.91 Å². The molecule has 1 aliphatic heterocycles. The number of likely N-dealkylation sites (tertiary alicyclic amines) is 1. The monoisotopic (exact) mass is 397 g/mol. The maximum atomic E-state index is 13.5. The first kappa shape index (κ1) is 19.1. The quantitative estimate of drug-likeness (QED) is 0.858. The molecule has 1 aromatic heterocycles. The third kappa shape index (κ3) is 3.13. The number of fused-ring (bicyclic) bond motifs is 1. The van der Waals surface area contributed by atoms with Gasteiger partial charge in [0.2, 0.25) is 5.91 Å². The smallest absolute Gasteiger partial charge is 0.274 e. The van der Waals surface area contributed by atoms with E-state index in [0.717, 1.165) is 28.3 Å². The Kier molecular flexibility index (Phi) is 4.78. The molecule has 1 aliphatic carbocycles. The van der Waals surface area contributed by atoms with E-state index < -0.39 is 11.9 Å². The highest BCUT2D eigenvalue weighted by atomic mass is 32.1. The van der Waals surface area contributed by atoms with E-state index in [1.807, 2.05) is 13.0 Å². The van der Waals surface area contributed by atoms with Crippen LogP contribution in [0.15, 0.2) is 18.2 Å². The van der Waals surface area contributed by atoms with Crippen LogP contribution in [0.4, 0.5) is 0 Å². The fourth-order valence-corrected chi connectivity index (χ4v) is 5.91. The number of nitrogens with two attached hydrogens (primary N) is 1. The van der Waals surface area contributed by atoms with Crippen molar-refractivity contribution >= 4 is 23.2 Å². The van der Waals surface area contributed by atoms with Gasteiger partial charge in [-0.1, -0.05) is 25.1 Å². The Balaban J connectivity index is 1.71. The summed E-state index contributed by atoms with van der Waals surface area (Å²) in [5.74, 6) is 0.572. The van der Waals surface area contributed by atoms with Gasteiger partial charge in [0.05, 0.1) is 9.88 Å². The Bertz CT molecular complexity index is 951. The summed E-state index contributed by atoms with van der Waals surface area (Å²) in [6.07, 6.45) is 2.01. The minimum Gasteiger partial charge on any atom is -0.368 e. The molecule has 148 valence electrons. The maximum absolute atomic E-state index is 13.5. The van der Waals surface area contributed by atoms with Crippen LogP contribution in [0, 0.1) is 38.5 Å². The number of rotatable bonds is 3. The molecule has 0 bridgehead atoms. The van der Waals surface area contributed by atoms with Crippen LogP contribution in [0.25, 0.3) is 10.4 Å². The van der Waals surface area contributed by atoms with E-state index in [4.69, 9.17) is 5.73 Å². The SMILES string of the molecule is Cc1nc(C(=O)N2CC3CC(C)CC3C2C(N)=O)c(-c2ccc(C)c(C)c2)s1. The molecular weight excluding hydrogens is 370 g/mol. The van der Waals surface area contributed by atoms with Crippen molar-refractivity contribution in [3.8, 4) is 10.4 Å². The fourth-order valence-electron chi connectivity index (χ4n) is 5.00. The molecule has 2 heterocycles. The first-order chi connectivity index (χ1) is 13.3. The molecule has 4 atom stereocenters. The van der Waals surface area contributed by atoms with Crippen molar-refractivity contribution < 1.29 is 9.59 Å². The maximum Gasteiger partial charge on any atom is 0.274 e. The van der Waals surface area contributed by atoms with Crippen molar-refractivity contribution in [2.24, 2.45) is 23.5 Å². The average molecular weight is 398 g/mol. The highest BCUT2D eigenvalue weighted by molar-refractivity contribution is 7.15. The number of hydrogen-bond donors (Lipinski definition) is 1. The van der Waals surface area contributed by atoms with E-state index in [9.17, 15) is 9.59 Å². The molecule has 2 fully saturated rings. The Hall–Kier alpha value is -2.21. The second-order valence-electron chi connectivity index (χ2n) is 8.51. The van der Waals surface area contributed by atoms with Crippen molar-refractivity contribution in [1.29, 1.82) is 0 Å². The largest absolute Gasteiger partial charge is 0.368 e. The number of primary amides is 1. The van der Waals surface area contributed by atoms with E-state index in [1.165, 1.54) is 22.5 Å². The molecule has 4 unspecified atom stereocenters. The second-order valence-corrected chi connectivity index (χ2v) is 9.72. The summed E-state index contributed by atoms with van der Waals surface area (Å²) in [6.45, 7) is 8.87. The summed E-state index contributed by atoms with van der Waals surface area (Å²) >= 11 is 1.53. The number of hydrogen-bond acceptors (Lipinski definition) is 4. The number of benzene rings is 1. The molecule has 6 heteroatoms. The number of nitrogens with zero attached hydrogens (tertiary/aromatic N) is 2. The van der Waals surface area contributed by atoms with Gasteiger partial charge in [-0.2, -0.15) is 0 Å².